The van der Waals surface area contributed by atoms with E-state index in [0.717, 1.165) is 11.0 Å². The Morgan fingerprint density at radius 2 is 2.19 bits per heavy atom. The summed E-state index contributed by atoms with van der Waals surface area (Å²) in [6.07, 6.45) is 1.25. The van der Waals surface area contributed by atoms with Crippen LogP contribution in [0.25, 0.3) is 0 Å². The molecule has 0 atom stereocenters. The van der Waals surface area contributed by atoms with Crippen LogP contribution in [-0.4, -0.2) is 58.2 Å². The predicted molar refractivity (Wildman–Crippen MR) is 72.2 cm³/mol. The average molecular weight is 299 g/mol. The first-order valence-electron chi connectivity index (χ1n) is 6.25. The summed E-state index contributed by atoms with van der Waals surface area (Å²) in [5.41, 5.74) is -0.122. The highest BCUT2D eigenvalue weighted by molar-refractivity contribution is 5.95. The molecule has 9 heteroatoms. The second-order valence-corrected chi connectivity index (χ2v) is 4.24. The molecule has 0 aliphatic carbocycles. The molecular weight excluding hydrogens is 282 g/mol. The quantitative estimate of drug-likeness (QED) is 0.555. The van der Waals surface area contributed by atoms with Gasteiger partial charge in [-0.2, -0.15) is 0 Å². The van der Waals surface area contributed by atoms with Crippen LogP contribution in [0.4, 0.5) is 5.69 Å². The van der Waals surface area contributed by atoms with Crippen molar-refractivity contribution in [2.24, 2.45) is 0 Å². The molecule has 0 fully saturated rings. The number of rotatable bonds is 8. The van der Waals surface area contributed by atoms with Crippen LogP contribution in [0, 0.1) is 10.1 Å². The number of aryl methyl sites for hydroxylation is 1. The van der Waals surface area contributed by atoms with E-state index in [9.17, 15) is 19.7 Å². The number of carboxylic acids is 1. The van der Waals surface area contributed by atoms with Crippen molar-refractivity contribution in [3.05, 3.63) is 28.1 Å². The van der Waals surface area contributed by atoms with Crippen molar-refractivity contribution in [1.29, 1.82) is 0 Å². The highest BCUT2D eigenvalue weighted by atomic mass is 16.6. The molecular formula is C12H17N3O6. The Labute approximate surface area is 120 Å². The van der Waals surface area contributed by atoms with E-state index in [-0.39, 0.29) is 24.5 Å². The summed E-state index contributed by atoms with van der Waals surface area (Å²) in [5.74, 6) is -1.74. The molecule has 1 amide bonds. The third-order valence-corrected chi connectivity index (χ3v) is 2.83. The van der Waals surface area contributed by atoms with Crippen molar-refractivity contribution in [2.75, 3.05) is 26.8 Å². The van der Waals surface area contributed by atoms with Gasteiger partial charge in [-0.1, -0.05) is 0 Å². The summed E-state index contributed by atoms with van der Waals surface area (Å²) in [6, 6.07) is 1.15. The van der Waals surface area contributed by atoms with Gasteiger partial charge in [0.15, 0.2) is 0 Å². The molecule has 1 rings (SSSR count). The number of ether oxygens (including phenoxy) is 1. The number of amides is 1. The lowest BCUT2D eigenvalue weighted by atomic mass is 10.3. The fourth-order valence-electron chi connectivity index (χ4n) is 1.81. The summed E-state index contributed by atoms with van der Waals surface area (Å²) < 4.78 is 6.26. The van der Waals surface area contributed by atoms with Crippen molar-refractivity contribution in [3.63, 3.8) is 0 Å². The molecule has 0 aromatic carbocycles. The number of aliphatic carboxylic acids is 1. The van der Waals surface area contributed by atoms with Gasteiger partial charge in [-0.15, -0.1) is 0 Å². The molecule has 9 nitrogen and oxygen atoms in total. The third kappa shape index (κ3) is 4.28. The lowest BCUT2D eigenvalue weighted by Gasteiger charge is -2.20. The van der Waals surface area contributed by atoms with Crippen LogP contribution in [0.5, 0.6) is 0 Å². The van der Waals surface area contributed by atoms with Crippen LogP contribution in [0.2, 0.25) is 0 Å². The van der Waals surface area contributed by atoms with Gasteiger partial charge in [0.2, 0.25) is 0 Å². The predicted octanol–water partition coefficient (Wildman–Crippen LogP) is 0.589. The molecule has 1 heterocycles. The zero-order chi connectivity index (χ0) is 16.0. The van der Waals surface area contributed by atoms with E-state index in [2.05, 4.69) is 0 Å². The molecule has 1 N–H and O–H groups in total. The van der Waals surface area contributed by atoms with Crippen molar-refractivity contribution in [2.45, 2.75) is 13.5 Å². The molecule has 0 unspecified atom stereocenters. The number of hydrogen-bond acceptors (Lipinski definition) is 5. The van der Waals surface area contributed by atoms with Crippen molar-refractivity contribution < 1.29 is 24.4 Å². The van der Waals surface area contributed by atoms with Crippen molar-refractivity contribution in [3.8, 4) is 0 Å². The van der Waals surface area contributed by atoms with Gasteiger partial charge in [-0.05, 0) is 6.92 Å². The maximum absolute atomic E-state index is 12.4. The normalized spacial score (nSPS) is 10.4. The fraction of sp³-hybridized carbons (Fsp3) is 0.500. The Morgan fingerprint density at radius 1 is 1.52 bits per heavy atom. The lowest BCUT2D eigenvalue weighted by Crippen LogP contribution is -2.38. The van der Waals surface area contributed by atoms with Crippen molar-refractivity contribution >= 4 is 17.6 Å². The van der Waals surface area contributed by atoms with E-state index < -0.39 is 23.3 Å². The Hall–Kier alpha value is -2.42. The average Bonchev–Trinajstić information content (AvgIpc) is 2.86. The van der Waals surface area contributed by atoms with Crippen LogP contribution < -0.4 is 0 Å². The van der Waals surface area contributed by atoms with Gasteiger partial charge in [0.05, 0.1) is 17.7 Å². The number of carbonyl (C=O) groups excluding carboxylic acids is 1. The molecule has 0 spiro atoms. The van der Waals surface area contributed by atoms with Crippen LogP contribution >= 0.6 is 0 Å². The molecule has 1 aromatic rings. The lowest BCUT2D eigenvalue weighted by molar-refractivity contribution is -0.384. The molecule has 0 radical (unpaired) electrons. The van der Waals surface area contributed by atoms with Crippen molar-refractivity contribution in [1.82, 2.24) is 9.47 Å². The fourth-order valence-corrected chi connectivity index (χ4v) is 1.81. The maximum Gasteiger partial charge on any atom is 0.323 e. The highest BCUT2D eigenvalue weighted by Gasteiger charge is 2.24. The number of nitro groups is 1. The Kier molecular flexibility index (Phi) is 5.85. The van der Waals surface area contributed by atoms with Crippen LogP contribution in [-0.2, 0) is 16.1 Å². The first-order chi connectivity index (χ1) is 9.90. The van der Waals surface area contributed by atoms with Crippen LogP contribution in [0.1, 0.15) is 17.4 Å². The number of carbonyl (C=O) groups is 2. The zero-order valence-electron chi connectivity index (χ0n) is 11.8. The summed E-state index contributed by atoms with van der Waals surface area (Å²) in [4.78, 5) is 34.5. The topological polar surface area (TPSA) is 115 Å². The van der Waals surface area contributed by atoms with E-state index in [1.165, 1.54) is 17.9 Å². The van der Waals surface area contributed by atoms with Gasteiger partial charge in [0, 0.05) is 26.3 Å². The molecule has 0 bridgehead atoms. The van der Waals surface area contributed by atoms with Gasteiger partial charge < -0.3 is 19.3 Å². The SMILES string of the molecule is CCn1cc([N+](=O)[O-])cc1C(=O)N(CCOC)CC(=O)O. The standard InChI is InChI=1S/C12H17N3O6/c1-3-13-7-9(15(19)20)6-10(13)12(18)14(4-5-21-2)8-11(16)17/h6-7H,3-5,8H2,1-2H3,(H,16,17). The van der Waals surface area contributed by atoms with Gasteiger partial charge in [0.25, 0.3) is 11.6 Å². The minimum atomic E-state index is -1.16. The van der Waals surface area contributed by atoms with E-state index in [4.69, 9.17) is 9.84 Å². The maximum atomic E-state index is 12.4. The first kappa shape index (κ1) is 16.6. The number of aromatic nitrogens is 1. The molecule has 0 saturated carbocycles. The summed E-state index contributed by atoms with van der Waals surface area (Å²) in [7, 11) is 1.43. The monoisotopic (exact) mass is 299 g/mol. The Morgan fingerprint density at radius 3 is 2.67 bits per heavy atom. The van der Waals surface area contributed by atoms with Gasteiger partial charge in [-0.25, -0.2) is 0 Å². The van der Waals surface area contributed by atoms with E-state index in [1.54, 1.807) is 6.92 Å². The molecule has 116 valence electrons. The minimum absolute atomic E-state index is 0.0848. The van der Waals surface area contributed by atoms with Gasteiger partial charge in [0.1, 0.15) is 12.2 Å². The zero-order valence-corrected chi connectivity index (χ0v) is 11.8. The number of hydrogen-bond donors (Lipinski definition) is 1. The second-order valence-electron chi connectivity index (χ2n) is 4.24. The molecule has 21 heavy (non-hydrogen) atoms. The van der Waals surface area contributed by atoms with E-state index in [0.29, 0.717) is 6.54 Å². The minimum Gasteiger partial charge on any atom is -0.480 e. The second kappa shape index (κ2) is 7.39. The molecule has 0 aliphatic rings. The summed E-state index contributed by atoms with van der Waals surface area (Å²) in [6.45, 7) is 1.86. The smallest absolute Gasteiger partial charge is 0.323 e. The largest absolute Gasteiger partial charge is 0.480 e. The first-order valence-corrected chi connectivity index (χ1v) is 6.25. The van der Waals surface area contributed by atoms with Gasteiger partial charge in [-0.3, -0.25) is 19.7 Å². The van der Waals surface area contributed by atoms with E-state index >= 15 is 0 Å². The number of carboxylic acid groups (broad SMARTS) is 1. The molecule has 0 aliphatic heterocycles. The number of nitrogens with zero attached hydrogens (tertiary/aromatic N) is 3. The van der Waals surface area contributed by atoms with Crippen LogP contribution in [0.3, 0.4) is 0 Å². The third-order valence-electron chi connectivity index (χ3n) is 2.83. The van der Waals surface area contributed by atoms with E-state index in [1.807, 2.05) is 0 Å². The Bertz CT molecular complexity index is 539. The Balaban J connectivity index is 3.06. The highest BCUT2D eigenvalue weighted by Crippen LogP contribution is 2.18. The number of methoxy groups -OCH3 is 1. The summed E-state index contributed by atoms with van der Waals surface area (Å²) >= 11 is 0. The molecule has 0 saturated heterocycles. The van der Waals surface area contributed by atoms with Gasteiger partial charge >= 0.3 is 5.97 Å². The van der Waals surface area contributed by atoms with Crippen LogP contribution in [0.15, 0.2) is 12.3 Å². The summed E-state index contributed by atoms with van der Waals surface area (Å²) in [5, 5.41) is 19.6. The molecule has 1 aromatic heterocycles.